The molecule has 0 unspecified atom stereocenters. The molecule has 0 spiro atoms. The Morgan fingerprint density at radius 1 is 1.02 bits per heavy atom. The van der Waals surface area contributed by atoms with Crippen LogP contribution in [0.3, 0.4) is 0 Å². The number of nitrogens with two attached hydrogens (primary N) is 3. The Bertz CT molecular complexity index is 2570. The highest BCUT2D eigenvalue weighted by Gasteiger charge is 2.27. The molecular weight excluding hydrogens is 724 g/mol. The zero-order valence-electron chi connectivity index (χ0n) is 27.6. The molecule has 0 radical (unpaired) electrons. The average Bonchev–Trinajstić information content (AvgIpc) is 3.88. The number of aryl methyl sites for hydroxylation is 1. The number of amides is 2. The first kappa shape index (κ1) is 38.6. The first-order valence-electron chi connectivity index (χ1n) is 16.0. The Balaban J connectivity index is 0.000000261. The zero-order valence-corrected chi connectivity index (χ0v) is 28.4. The molecule has 0 fully saturated rings. The number of fused-ring (bicyclic) bond motifs is 3. The number of aromatic carboxylic acids is 1. The number of carboxylic acid groups (broad SMARTS) is 1. The molecule has 1 atom stereocenters. The van der Waals surface area contributed by atoms with Crippen molar-refractivity contribution in [1.82, 2.24) is 30.1 Å². The normalized spacial score (nSPS) is 14.2. The quantitative estimate of drug-likeness (QED) is 0.125. The molecule has 18 nitrogen and oxygen atoms in total. The van der Waals surface area contributed by atoms with Gasteiger partial charge in [0.05, 0.1) is 6.20 Å². The van der Waals surface area contributed by atoms with Gasteiger partial charge >= 0.3 is 11.7 Å². The molecule has 0 saturated carbocycles. The third kappa shape index (κ3) is 7.06. The molecule has 1 aliphatic heterocycles. The van der Waals surface area contributed by atoms with Crippen LogP contribution in [-0.2, 0) is 25.9 Å². The van der Waals surface area contributed by atoms with Crippen molar-refractivity contribution in [3.8, 4) is 11.4 Å². The maximum absolute atomic E-state index is 12.8. The molecule has 19 heteroatoms. The number of H-pyrrole nitrogens is 1. The lowest BCUT2D eigenvalue weighted by Crippen LogP contribution is -2.44. The van der Waals surface area contributed by atoms with E-state index in [2.05, 4.69) is 30.1 Å². The van der Waals surface area contributed by atoms with E-state index < -0.39 is 34.4 Å². The van der Waals surface area contributed by atoms with Crippen LogP contribution in [0.2, 0.25) is 0 Å². The summed E-state index contributed by atoms with van der Waals surface area (Å²) in [6.07, 6.45) is 3.71. The number of rotatable bonds is 7. The van der Waals surface area contributed by atoms with Crippen molar-refractivity contribution in [2.45, 2.75) is 45.8 Å². The predicted octanol–water partition coefficient (Wildman–Crippen LogP) is 1.23. The highest BCUT2D eigenvalue weighted by Crippen LogP contribution is 2.32. The molecule has 9 N–H and O–H groups in total. The number of halogens is 1. The molecule has 54 heavy (non-hydrogen) atoms. The number of primary amides is 1. The number of carboxylic acids is 1. The Kier molecular flexibility index (Phi) is 10.8. The minimum Gasteiger partial charge on any atom is -0.477 e. The van der Waals surface area contributed by atoms with Gasteiger partial charge in [-0.3, -0.25) is 28.7 Å². The summed E-state index contributed by atoms with van der Waals surface area (Å²) in [4.78, 5) is 78.7. The second kappa shape index (κ2) is 15.1. The van der Waals surface area contributed by atoms with Gasteiger partial charge in [-0.05, 0) is 53.1 Å². The summed E-state index contributed by atoms with van der Waals surface area (Å²) in [7, 11) is 0. The summed E-state index contributed by atoms with van der Waals surface area (Å²) in [6, 6.07) is 12.8. The van der Waals surface area contributed by atoms with Gasteiger partial charge in [0.1, 0.15) is 22.6 Å². The minimum absolute atomic E-state index is 0. The number of anilines is 2. The van der Waals surface area contributed by atoms with Gasteiger partial charge in [-0.2, -0.15) is 5.10 Å². The van der Waals surface area contributed by atoms with Gasteiger partial charge in [-0.15, -0.1) is 12.4 Å². The molecular formula is C35H35ClN10O8. The molecule has 280 valence electrons. The first-order valence-corrected chi connectivity index (χ1v) is 16.0. The fourth-order valence-electron chi connectivity index (χ4n) is 6.45. The summed E-state index contributed by atoms with van der Waals surface area (Å²) in [6.45, 7) is 1.05. The van der Waals surface area contributed by atoms with E-state index >= 15 is 0 Å². The number of nitrogen functional groups attached to an aromatic ring is 1. The van der Waals surface area contributed by atoms with E-state index in [0.717, 1.165) is 51.9 Å². The number of aromatic nitrogens is 5. The van der Waals surface area contributed by atoms with Gasteiger partial charge in [0.2, 0.25) is 0 Å². The Labute approximate surface area is 311 Å². The highest BCUT2D eigenvalue weighted by atomic mass is 35.5. The van der Waals surface area contributed by atoms with Crippen LogP contribution in [-0.4, -0.2) is 54.2 Å². The van der Waals surface area contributed by atoms with E-state index in [9.17, 15) is 33.9 Å². The molecule has 0 bridgehead atoms. The fourth-order valence-corrected chi connectivity index (χ4v) is 6.45. The van der Waals surface area contributed by atoms with Gasteiger partial charge < -0.3 is 32.5 Å². The largest absolute Gasteiger partial charge is 0.477 e. The van der Waals surface area contributed by atoms with Crippen molar-refractivity contribution >= 4 is 47.2 Å². The maximum Gasteiger partial charge on any atom is 0.439 e. The van der Waals surface area contributed by atoms with Crippen LogP contribution < -0.4 is 44.0 Å². The summed E-state index contributed by atoms with van der Waals surface area (Å²) < 4.78 is 5.40. The van der Waals surface area contributed by atoms with Crippen LogP contribution in [0.25, 0.3) is 17.0 Å². The van der Waals surface area contributed by atoms with Crippen LogP contribution in [0.4, 0.5) is 11.4 Å². The van der Waals surface area contributed by atoms with Crippen LogP contribution >= 0.6 is 12.4 Å². The Hall–Kier alpha value is -6.66. The number of aromatic amines is 1. The van der Waals surface area contributed by atoms with Crippen LogP contribution in [0.1, 0.15) is 79.0 Å². The van der Waals surface area contributed by atoms with Crippen molar-refractivity contribution < 1.29 is 24.0 Å². The Morgan fingerprint density at radius 2 is 1.80 bits per heavy atom. The smallest absolute Gasteiger partial charge is 0.439 e. The number of benzene rings is 2. The summed E-state index contributed by atoms with van der Waals surface area (Å²) in [5.74, 6) is -2.95. The fraction of sp³-hybridized carbons (Fsp3) is 0.229. The van der Waals surface area contributed by atoms with Gasteiger partial charge in [0.15, 0.2) is 17.2 Å². The second-order valence-electron chi connectivity index (χ2n) is 12.4. The van der Waals surface area contributed by atoms with Gasteiger partial charge in [-0.1, -0.05) is 42.9 Å². The van der Waals surface area contributed by atoms with Gasteiger partial charge in [-0.25, -0.2) is 19.1 Å². The van der Waals surface area contributed by atoms with Crippen molar-refractivity contribution in [2.24, 2.45) is 11.5 Å². The first-order chi connectivity index (χ1) is 24.9. The topological polar surface area (TPSA) is 288 Å². The van der Waals surface area contributed by atoms with Crippen LogP contribution in [0.5, 0.6) is 0 Å². The van der Waals surface area contributed by atoms with E-state index in [1.54, 1.807) is 4.90 Å². The molecule has 0 saturated heterocycles. The second-order valence-corrected chi connectivity index (χ2v) is 12.4. The summed E-state index contributed by atoms with van der Waals surface area (Å²) >= 11 is 0. The maximum atomic E-state index is 12.8. The monoisotopic (exact) mass is 758 g/mol. The zero-order chi connectivity index (χ0) is 36.8. The molecule has 8 rings (SSSR count). The third-order valence-electron chi connectivity index (χ3n) is 9.14. The van der Waals surface area contributed by atoms with Crippen LogP contribution in [0, 0.1) is 0 Å². The van der Waals surface area contributed by atoms with E-state index in [4.69, 9.17) is 17.2 Å². The predicted molar refractivity (Wildman–Crippen MR) is 198 cm³/mol. The number of nitrogens with one attached hydrogen (secondary N) is 2. The van der Waals surface area contributed by atoms with E-state index in [0.29, 0.717) is 25.3 Å². The summed E-state index contributed by atoms with van der Waals surface area (Å²) in [5, 5.41) is 19.7. The molecule has 3 aromatic carbocycles. The van der Waals surface area contributed by atoms with E-state index in [-0.39, 0.29) is 66.4 Å². The third-order valence-corrected chi connectivity index (χ3v) is 9.14. The molecule has 2 amide bonds. The lowest BCUT2D eigenvalue weighted by Gasteiger charge is -2.32. The van der Waals surface area contributed by atoms with Crippen molar-refractivity contribution in [2.75, 3.05) is 17.2 Å². The van der Waals surface area contributed by atoms with Gasteiger partial charge in [0.25, 0.3) is 22.7 Å². The number of nitrogens with zero attached hydrogens (tertiary/aromatic N) is 5. The lowest BCUT2D eigenvalue weighted by atomic mass is 9.96. The van der Waals surface area contributed by atoms with E-state index in [1.807, 2.05) is 36.4 Å². The standard InChI is InChI=1S/C23H19N7O6.C11H11N3O2.CH4.ClH/c24-16-17(19(32)18(16)31)29-4-3-11-2-1-10(5-12(11)9-29)7-26-22(34)14-6-15(23(35)36)30-21(28-14)13(8-27-30)20(25)33;12-9-4-2-6-5-7(1-3-8(6)9)10-13-11(15)16-14-10;;/h1-2,5-6,8H,3-4,7,9,24H2,(H2,25,33)(H,26,34)(H,35,36);1,3,5,9H,2,4,12H2,(H,13,14,15);1H4;1H/t;9-;;/m.0../s1. The Morgan fingerprint density at radius 3 is 2.48 bits per heavy atom. The molecule has 4 heterocycles. The molecule has 6 aromatic rings. The SMILES string of the molecule is C.Cl.NC(=O)c1cnn2c(C(=O)O)cc(C(=O)NCc3ccc4c(c3)CN(c3c(N)c(=O)c3=O)CC4)nc12.N[C@H]1CCc2cc(-c3noc(=O)[nH]3)ccc21. The molecule has 3 aromatic heterocycles. The van der Waals surface area contributed by atoms with Gasteiger partial charge in [0, 0.05) is 37.3 Å². The highest BCUT2D eigenvalue weighted by molar-refractivity contribution is 6.01. The lowest BCUT2D eigenvalue weighted by molar-refractivity contribution is 0.0686. The number of hydrogen-bond donors (Lipinski definition) is 6. The van der Waals surface area contributed by atoms with Crippen molar-refractivity contribution in [3.63, 3.8) is 0 Å². The minimum atomic E-state index is -1.36. The van der Waals surface area contributed by atoms with E-state index in [1.165, 1.54) is 11.1 Å². The molecule has 1 aliphatic carbocycles. The molecule has 2 aliphatic rings. The number of carbonyl (C=O) groups is 3. The van der Waals surface area contributed by atoms with Crippen LogP contribution in [0.15, 0.2) is 67.6 Å². The van der Waals surface area contributed by atoms with Crippen molar-refractivity contribution in [1.29, 1.82) is 0 Å². The van der Waals surface area contributed by atoms with Crippen molar-refractivity contribution in [3.05, 3.63) is 124 Å². The number of carbonyl (C=O) groups excluding carboxylic acids is 2. The average molecular weight is 759 g/mol. The summed E-state index contributed by atoms with van der Waals surface area (Å²) in [5.41, 5.74) is 21.1. The number of hydrogen-bond acceptors (Lipinski definition) is 13.